The fourth-order valence-electron chi connectivity index (χ4n) is 2.46. The topological polar surface area (TPSA) is 12.0 Å². The third kappa shape index (κ3) is 3.68. The van der Waals surface area contributed by atoms with E-state index in [0.29, 0.717) is 6.04 Å². The summed E-state index contributed by atoms with van der Waals surface area (Å²) in [7, 11) is 0. The average molecular weight is 249 g/mol. The van der Waals surface area contributed by atoms with Crippen LogP contribution in [0.25, 0.3) is 0 Å². The van der Waals surface area contributed by atoms with Gasteiger partial charge in [-0.25, -0.2) is 0 Å². The molecule has 1 heterocycles. The molecule has 0 fully saturated rings. The standard InChI is InChI=1S/C15H23NS/c1-2-11-16-15(14-10-7-12-17-14)13-8-5-3-4-6-9-13/h7-8,10,12,15-16H,2-6,9,11H2,1H3. The van der Waals surface area contributed by atoms with Gasteiger partial charge in [0.05, 0.1) is 6.04 Å². The Morgan fingerprint density at radius 2 is 2.29 bits per heavy atom. The minimum atomic E-state index is 0.480. The minimum Gasteiger partial charge on any atom is -0.306 e. The Bertz CT molecular complexity index is 340. The largest absolute Gasteiger partial charge is 0.306 e. The highest BCUT2D eigenvalue weighted by atomic mass is 32.1. The first-order valence-electron chi connectivity index (χ1n) is 6.87. The molecule has 1 aliphatic carbocycles. The van der Waals surface area contributed by atoms with Crippen molar-refractivity contribution in [3.05, 3.63) is 34.0 Å². The van der Waals surface area contributed by atoms with Crippen molar-refractivity contribution in [2.75, 3.05) is 6.54 Å². The lowest BCUT2D eigenvalue weighted by atomic mass is 10.0. The first-order chi connectivity index (χ1) is 8.42. The highest BCUT2D eigenvalue weighted by molar-refractivity contribution is 7.10. The van der Waals surface area contributed by atoms with E-state index in [2.05, 4.69) is 35.8 Å². The quantitative estimate of drug-likeness (QED) is 0.747. The molecule has 2 rings (SSSR count). The minimum absolute atomic E-state index is 0.480. The number of rotatable bonds is 5. The molecule has 0 aliphatic heterocycles. The zero-order valence-corrected chi connectivity index (χ0v) is 11.6. The fraction of sp³-hybridized carbons (Fsp3) is 0.600. The molecule has 0 saturated carbocycles. The number of nitrogens with one attached hydrogen (secondary N) is 1. The summed E-state index contributed by atoms with van der Waals surface area (Å²) in [4.78, 5) is 1.48. The molecule has 0 radical (unpaired) electrons. The monoisotopic (exact) mass is 249 g/mol. The fourth-order valence-corrected chi connectivity index (χ4v) is 3.30. The maximum Gasteiger partial charge on any atom is 0.0630 e. The summed E-state index contributed by atoms with van der Waals surface area (Å²) in [6, 6.07) is 4.91. The Hall–Kier alpha value is -0.600. The van der Waals surface area contributed by atoms with Gasteiger partial charge in [0.15, 0.2) is 0 Å². The third-order valence-corrected chi connectivity index (χ3v) is 4.31. The zero-order valence-electron chi connectivity index (χ0n) is 10.7. The second kappa shape index (κ2) is 6.97. The van der Waals surface area contributed by atoms with Crippen LogP contribution < -0.4 is 5.32 Å². The molecule has 1 aromatic rings. The van der Waals surface area contributed by atoms with Crippen molar-refractivity contribution in [2.24, 2.45) is 0 Å². The maximum absolute atomic E-state index is 3.71. The smallest absolute Gasteiger partial charge is 0.0630 e. The van der Waals surface area contributed by atoms with Gasteiger partial charge >= 0.3 is 0 Å². The van der Waals surface area contributed by atoms with Crippen molar-refractivity contribution in [1.82, 2.24) is 5.32 Å². The van der Waals surface area contributed by atoms with Gasteiger partial charge in [0, 0.05) is 4.88 Å². The summed E-state index contributed by atoms with van der Waals surface area (Å²) in [5.41, 5.74) is 1.62. The molecule has 0 bridgehead atoms. The van der Waals surface area contributed by atoms with E-state index >= 15 is 0 Å². The van der Waals surface area contributed by atoms with Gasteiger partial charge in [-0.2, -0.15) is 0 Å². The molecule has 1 aliphatic rings. The number of allylic oxidation sites excluding steroid dienone is 1. The van der Waals surface area contributed by atoms with Gasteiger partial charge in [-0.3, -0.25) is 0 Å². The van der Waals surface area contributed by atoms with E-state index in [0.717, 1.165) is 6.54 Å². The summed E-state index contributed by atoms with van der Waals surface area (Å²) in [6.07, 6.45) is 10.4. The van der Waals surface area contributed by atoms with E-state index in [-0.39, 0.29) is 0 Å². The van der Waals surface area contributed by atoms with Crippen molar-refractivity contribution in [1.29, 1.82) is 0 Å². The summed E-state index contributed by atoms with van der Waals surface area (Å²) < 4.78 is 0. The van der Waals surface area contributed by atoms with E-state index in [9.17, 15) is 0 Å². The van der Waals surface area contributed by atoms with E-state index in [1.54, 1.807) is 5.57 Å². The molecule has 1 N–H and O–H groups in total. The van der Waals surface area contributed by atoms with Crippen LogP contribution in [0.15, 0.2) is 29.2 Å². The lowest BCUT2D eigenvalue weighted by molar-refractivity contribution is 0.573. The van der Waals surface area contributed by atoms with E-state index in [1.807, 2.05) is 11.3 Å². The van der Waals surface area contributed by atoms with Gasteiger partial charge in [0.25, 0.3) is 0 Å². The van der Waals surface area contributed by atoms with Crippen LogP contribution in [0.4, 0.5) is 0 Å². The van der Waals surface area contributed by atoms with Gasteiger partial charge in [0.1, 0.15) is 0 Å². The molecule has 2 heteroatoms. The Kier molecular flexibility index (Phi) is 5.27. The number of thiophene rings is 1. The summed E-state index contributed by atoms with van der Waals surface area (Å²) in [5.74, 6) is 0. The predicted molar refractivity (Wildman–Crippen MR) is 76.5 cm³/mol. The van der Waals surface area contributed by atoms with Crippen molar-refractivity contribution in [3.8, 4) is 0 Å². The first kappa shape index (κ1) is 12.8. The van der Waals surface area contributed by atoms with Crippen LogP contribution in [0.5, 0.6) is 0 Å². The van der Waals surface area contributed by atoms with E-state index < -0.39 is 0 Å². The number of hydrogen-bond donors (Lipinski definition) is 1. The van der Waals surface area contributed by atoms with Crippen LogP contribution in [-0.4, -0.2) is 6.54 Å². The Labute approximate surface area is 109 Å². The lowest BCUT2D eigenvalue weighted by Gasteiger charge is -2.20. The van der Waals surface area contributed by atoms with Crippen molar-refractivity contribution in [3.63, 3.8) is 0 Å². The molecule has 0 aromatic carbocycles. The molecule has 17 heavy (non-hydrogen) atoms. The normalized spacial score (nSPS) is 18.5. The van der Waals surface area contributed by atoms with Crippen LogP contribution >= 0.6 is 11.3 Å². The third-order valence-electron chi connectivity index (χ3n) is 3.37. The average Bonchev–Trinajstić information content (AvgIpc) is 2.73. The lowest BCUT2D eigenvalue weighted by Crippen LogP contribution is -2.23. The molecule has 0 amide bonds. The molecule has 1 nitrogen and oxygen atoms in total. The van der Waals surface area contributed by atoms with Crippen LogP contribution in [0, 0.1) is 0 Å². The van der Waals surface area contributed by atoms with Gasteiger partial charge < -0.3 is 5.32 Å². The van der Waals surface area contributed by atoms with Crippen LogP contribution in [0.1, 0.15) is 56.4 Å². The molecule has 94 valence electrons. The highest BCUT2D eigenvalue weighted by Crippen LogP contribution is 2.31. The van der Waals surface area contributed by atoms with Gasteiger partial charge in [-0.05, 0) is 50.1 Å². The zero-order chi connectivity index (χ0) is 11.9. The van der Waals surface area contributed by atoms with Crippen LogP contribution in [0.3, 0.4) is 0 Å². The molecule has 1 unspecified atom stereocenters. The molecular formula is C15H23NS. The molecular weight excluding hydrogens is 226 g/mol. The maximum atomic E-state index is 3.71. The summed E-state index contributed by atoms with van der Waals surface area (Å²) in [6.45, 7) is 3.35. The predicted octanol–water partition coefficient (Wildman–Crippen LogP) is 4.68. The molecule has 0 spiro atoms. The summed E-state index contributed by atoms with van der Waals surface area (Å²) in [5, 5.41) is 5.90. The Morgan fingerprint density at radius 1 is 1.35 bits per heavy atom. The van der Waals surface area contributed by atoms with Crippen LogP contribution in [-0.2, 0) is 0 Å². The van der Waals surface area contributed by atoms with Crippen molar-refractivity contribution >= 4 is 11.3 Å². The van der Waals surface area contributed by atoms with E-state index in [4.69, 9.17) is 0 Å². The van der Waals surface area contributed by atoms with Crippen molar-refractivity contribution in [2.45, 2.75) is 51.5 Å². The van der Waals surface area contributed by atoms with E-state index in [1.165, 1.54) is 43.4 Å². The summed E-state index contributed by atoms with van der Waals surface area (Å²) >= 11 is 1.88. The van der Waals surface area contributed by atoms with Gasteiger partial charge in [-0.15, -0.1) is 11.3 Å². The second-order valence-electron chi connectivity index (χ2n) is 4.78. The SMILES string of the molecule is CCCNC(C1=CCCCCC1)c1cccs1. The molecule has 1 atom stereocenters. The highest BCUT2D eigenvalue weighted by Gasteiger charge is 2.17. The molecule has 1 aromatic heterocycles. The Balaban J connectivity index is 2.11. The first-order valence-corrected chi connectivity index (χ1v) is 7.75. The van der Waals surface area contributed by atoms with Gasteiger partial charge in [0.2, 0.25) is 0 Å². The molecule has 0 saturated heterocycles. The van der Waals surface area contributed by atoms with Crippen LogP contribution in [0.2, 0.25) is 0 Å². The Morgan fingerprint density at radius 3 is 3.06 bits per heavy atom. The van der Waals surface area contributed by atoms with Crippen molar-refractivity contribution < 1.29 is 0 Å². The second-order valence-corrected chi connectivity index (χ2v) is 5.76. The number of hydrogen-bond acceptors (Lipinski definition) is 2. The van der Waals surface area contributed by atoms with Gasteiger partial charge in [-0.1, -0.05) is 31.1 Å².